The van der Waals surface area contributed by atoms with Crippen LogP contribution in [0.1, 0.15) is 34.8 Å². The van der Waals surface area contributed by atoms with Crippen molar-refractivity contribution in [1.82, 2.24) is 20.0 Å². The van der Waals surface area contributed by atoms with Gasteiger partial charge in [0, 0.05) is 26.2 Å². The molecule has 10 heteroatoms. The molecule has 1 saturated heterocycles. The number of benzene rings is 1. The number of alkyl halides is 3. The summed E-state index contributed by atoms with van der Waals surface area (Å²) in [5, 5.41) is 10.1. The zero-order valence-electron chi connectivity index (χ0n) is 16.1. The van der Waals surface area contributed by atoms with Crippen LogP contribution in [0.3, 0.4) is 0 Å². The van der Waals surface area contributed by atoms with Crippen LogP contribution in [-0.2, 0) is 6.18 Å². The molecular weight excluding hydrogens is 417 g/mol. The zero-order chi connectivity index (χ0) is 21.3. The van der Waals surface area contributed by atoms with Crippen molar-refractivity contribution in [3.05, 3.63) is 58.8 Å². The Balaban J connectivity index is 1.41. The van der Waals surface area contributed by atoms with E-state index in [2.05, 4.69) is 15.1 Å². The van der Waals surface area contributed by atoms with Crippen molar-refractivity contribution in [1.29, 1.82) is 0 Å². The average molecular weight is 436 g/mol. The van der Waals surface area contributed by atoms with Crippen LogP contribution in [0, 0.1) is 0 Å². The van der Waals surface area contributed by atoms with Crippen LogP contribution in [0.4, 0.5) is 13.2 Å². The molecule has 1 fully saturated rings. The van der Waals surface area contributed by atoms with Crippen LogP contribution in [0.15, 0.2) is 46.2 Å². The van der Waals surface area contributed by atoms with Gasteiger partial charge in [0.25, 0.3) is 11.8 Å². The first kappa shape index (κ1) is 20.5. The van der Waals surface area contributed by atoms with E-state index in [0.717, 1.165) is 10.9 Å². The number of amides is 1. The largest absolute Gasteiger partial charge is 0.418 e. The molecule has 0 N–H and O–H groups in total. The summed E-state index contributed by atoms with van der Waals surface area (Å²) in [5.41, 5.74) is -1.22. The van der Waals surface area contributed by atoms with Crippen LogP contribution in [-0.4, -0.2) is 52.1 Å². The van der Waals surface area contributed by atoms with Gasteiger partial charge in [-0.15, -0.1) is 21.5 Å². The Morgan fingerprint density at radius 1 is 1.10 bits per heavy atom. The molecule has 1 aromatic carbocycles. The first-order valence-electron chi connectivity index (χ1n) is 9.41. The molecule has 1 amide bonds. The minimum atomic E-state index is -4.57. The van der Waals surface area contributed by atoms with Crippen molar-refractivity contribution in [3.8, 4) is 10.8 Å². The van der Waals surface area contributed by atoms with Crippen molar-refractivity contribution in [2.75, 3.05) is 26.2 Å². The third-order valence-electron chi connectivity index (χ3n) is 5.14. The second-order valence-corrected chi connectivity index (χ2v) is 7.92. The molecule has 2 aromatic heterocycles. The number of nitrogens with zero attached hydrogens (tertiary/aromatic N) is 4. The molecule has 6 nitrogen and oxygen atoms in total. The summed E-state index contributed by atoms with van der Waals surface area (Å²) in [6.07, 6.45) is -4.57. The van der Waals surface area contributed by atoms with Gasteiger partial charge in [-0.05, 0) is 30.5 Å². The molecule has 1 atom stereocenters. The topological polar surface area (TPSA) is 62.5 Å². The van der Waals surface area contributed by atoms with Gasteiger partial charge >= 0.3 is 6.18 Å². The fraction of sp³-hybridized carbons (Fsp3) is 0.350. The van der Waals surface area contributed by atoms with E-state index in [1.165, 1.54) is 34.4 Å². The van der Waals surface area contributed by atoms with E-state index >= 15 is 0 Å². The number of rotatable bonds is 4. The number of aromatic nitrogens is 2. The average Bonchev–Trinajstić information content (AvgIpc) is 3.44. The Hall–Kier alpha value is -2.72. The van der Waals surface area contributed by atoms with Gasteiger partial charge in [-0.2, -0.15) is 13.2 Å². The Labute approximate surface area is 174 Å². The van der Waals surface area contributed by atoms with Gasteiger partial charge in [0.1, 0.15) is 0 Å². The maximum Gasteiger partial charge on any atom is 0.417 e. The predicted molar refractivity (Wildman–Crippen MR) is 105 cm³/mol. The minimum Gasteiger partial charge on any atom is -0.418 e. The molecule has 1 aliphatic heterocycles. The van der Waals surface area contributed by atoms with E-state index in [1.54, 1.807) is 0 Å². The molecule has 3 heterocycles. The van der Waals surface area contributed by atoms with Gasteiger partial charge in [0.05, 0.1) is 22.0 Å². The number of piperazine rings is 1. The first-order valence-corrected chi connectivity index (χ1v) is 10.3. The molecular formula is C20H19F3N4O2S. The van der Waals surface area contributed by atoms with Gasteiger partial charge in [0.15, 0.2) is 0 Å². The summed E-state index contributed by atoms with van der Waals surface area (Å²) in [5.74, 6) is 0.331. The summed E-state index contributed by atoms with van der Waals surface area (Å²) in [6, 6.07) is 8.54. The number of carbonyl (C=O) groups is 1. The maximum atomic E-state index is 13.2. The van der Waals surface area contributed by atoms with Gasteiger partial charge in [-0.1, -0.05) is 18.2 Å². The molecule has 0 radical (unpaired) electrons. The molecule has 1 aliphatic rings. The number of thiophene rings is 1. The summed E-state index contributed by atoms with van der Waals surface area (Å²) >= 11 is 1.51. The summed E-state index contributed by atoms with van der Waals surface area (Å²) in [6.45, 7) is 3.57. The highest BCUT2D eigenvalue weighted by Crippen LogP contribution is 2.33. The highest BCUT2D eigenvalue weighted by Gasteiger charge is 2.36. The SMILES string of the molecule is CC(c1nnc(-c2cccs2)o1)N1CCN(C(=O)c2ccccc2C(F)(F)F)CC1. The summed E-state index contributed by atoms with van der Waals surface area (Å²) < 4.78 is 45.5. The maximum absolute atomic E-state index is 13.2. The Morgan fingerprint density at radius 3 is 2.50 bits per heavy atom. The Bertz CT molecular complexity index is 1010. The smallest absolute Gasteiger partial charge is 0.417 e. The Morgan fingerprint density at radius 2 is 1.83 bits per heavy atom. The van der Waals surface area contributed by atoms with E-state index in [4.69, 9.17) is 4.42 Å². The molecule has 0 spiro atoms. The quantitative estimate of drug-likeness (QED) is 0.609. The standard InChI is InChI=1S/C20H19F3N4O2S/c1-13(17-24-25-18(29-17)16-7-4-12-30-16)26-8-10-27(11-9-26)19(28)14-5-2-3-6-15(14)20(21,22)23/h2-7,12-13H,8-11H2,1H3. The third kappa shape index (κ3) is 4.10. The fourth-order valence-corrected chi connectivity index (χ4v) is 4.10. The van der Waals surface area contributed by atoms with Crippen LogP contribution in [0.2, 0.25) is 0 Å². The van der Waals surface area contributed by atoms with E-state index in [1.807, 2.05) is 24.4 Å². The molecule has 4 rings (SSSR count). The molecule has 1 unspecified atom stereocenters. The lowest BCUT2D eigenvalue weighted by Gasteiger charge is -2.37. The van der Waals surface area contributed by atoms with Crippen LogP contribution >= 0.6 is 11.3 Å². The van der Waals surface area contributed by atoms with Gasteiger partial charge in [-0.3, -0.25) is 9.69 Å². The van der Waals surface area contributed by atoms with Crippen molar-refractivity contribution in [2.45, 2.75) is 19.1 Å². The predicted octanol–water partition coefficient (Wildman–Crippen LogP) is 4.34. The second kappa shape index (κ2) is 8.19. The molecule has 0 bridgehead atoms. The molecule has 158 valence electrons. The lowest BCUT2D eigenvalue weighted by molar-refractivity contribution is -0.138. The lowest BCUT2D eigenvalue weighted by atomic mass is 10.1. The van der Waals surface area contributed by atoms with Gasteiger partial charge < -0.3 is 9.32 Å². The summed E-state index contributed by atoms with van der Waals surface area (Å²) in [7, 11) is 0. The van der Waals surface area contributed by atoms with Crippen LogP contribution in [0.5, 0.6) is 0 Å². The van der Waals surface area contributed by atoms with Crippen molar-refractivity contribution in [3.63, 3.8) is 0 Å². The highest BCUT2D eigenvalue weighted by molar-refractivity contribution is 7.13. The fourth-order valence-electron chi connectivity index (χ4n) is 3.46. The van der Waals surface area contributed by atoms with Crippen LogP contribution in [0.25, 0.3) is 10.8 Å². The van der Waals surface area contributed by atoms with Gasteiger partial charge in [0.2, 0.25) is 5.89 Å². The second-order valence-electron chi connectivity index (χ2n) is 6.97. The van der Waals surface area contributed by atoms with Gasteiger partial charge in [-0.25, -0.2) is 0 Å². The third-order valence-corrected chi connectivity index (χ3v) is 6.00. The summed E-state index contributed by atoms with van der Waals surface area (Å²) in [4.78, 5) is 17.1. The molecule has 30 heavy (non-hydrogen) atoms. The number of halogens is 3. The van der Waals surface area contributed by atoms with E-state index in [9.17, 15) is 18.0 Å². The van der Waals surface area contributed by atoms with Crippen LogP contribution < -0.4 is 0 Å². The van der Waals surface area contributed by atoms with Crippen molar-refractivity contribution < 1.29 is 22.4 Å². The normalized spacial score (nSPS) is 16.6. The number of hydrogen-bond donors (Lipinski definition) is 0. The zero-order valence-corrected chi connectivity index (χ0v) is 16.9. The number of hydrogen-bond acceptors (Lipinski definition) is 6. The first-order chi connectivity index (χ1) is 14.3. The molecule has 0 saturated carbocycles. The van der Waals surface area contributed by atoms with E-state index < -0.39 is 17.6 Å². The lowest BCUT2D eigenvalue weighted by Crippen LogP contribution is -2.49. The number of carbonyl (C=O) groups excluding carboxylic acids is 1. The monoisotopic (exact) mass is 436 g/mol. The molecule has 0 aliphatic carbocycles. The van der Waals surface area contributed by atoms with E-state index in [0.29, 0.717) is 38.0 Å². The van der Waals surface area contributed by atoms with Crippen molar-refractivity contribution in [2.24, 2.45) is 0 Å². The van der Waals surface area contributed by atoms with E-state index in [-0.39, 0.29) is 11.6 Å². The minimum absolute atomic E-state index is 0.161. The van der Waals surface area contributed by atoms with Crippen molar-refractivity contribution >= 4 is 17.2 Å². The molecule has 3 aromatic rings. The highest BCUT2D eigenvalue weighted by atomic mass is 32.1. The Kier molecular flexibility index (Phi) is 5.61.